The third-order valence-electron chi connectivity index (χ3n) is 7.05. The van der Waals surface area contributed by atoms with Gasteiger partial charge in [-0.15, -0.1) is 0 Å². The summed E-state index contributed by atoms with van der Waals surface area (Å²) in [4.78, 5) is 6.94. The van der Waals surface area contributed by atoms with E-state index in [1.54, 1.807) is 24.4 Å². The van der Waals surface area contributed by atoms with E-state index in [0.717, 1.165) is 25.7 Å². The van der Waals surface area contributed by atoms with Crippen LogP contribution in [-0.4, -0.2) is 35.3 Å². The summed E-state index contributed by atoms with van der Waals surface area (Å²) in [6.07, 6.45) is 5.30. The molecule has 3 N–H and O–H groups in total. The molecule has 5 rings (SSSR count). The normalized spacial score (nSPS) is 20.8. The minimum Gasteiger partial charge on any atom is -0.504 e. The minimum atomic E-state index is -0.667. The second-order valence-electron chi connectivity index (χ2n) is 9.07. The van der Waals surface area contributed by atoms with E-state index in [1.807, 2.05) is 6.07 Å². The quantitative estimate of drug-likeness (QED) is 0.578. The molecule has 0 spiro atoms. The molecule has 2 bridgehead atoms. The van der Waals surface area contributed by atoms with Gasteiger partial charge in [0.1, 0.15) is 29.3 Å². The highest BCUT2D eigenvalue weighted by atomic mass is 19.1. The monoisotopic (exact) mass is 469 g/mol. The van der Waals surface area contributed by atoms with Crippen molar-refractivity contribution in [1.82, 2.24) is 4.98 Å². The topological polar surface area (TPSA) is 119 Å². The molecule has 35 heavy (non-hydrogen) atoms. The summed E-state index contributed by atoms with van der Waals surface area (Å²) >= 11 is 0. The first-order chi connectivity index (χ1) is 16.9. The second-order valence-corrected chi connectivity index (χ2v) is 9.07. The standard InChI is InChI=1S/C27H24FN5O2/c1-35-25-7-4-15(9-24(25)34)22-14-32-27(33-19-5-6-20(33)11-18(31)10-19)21(13-30)26(22)16-2-3-17(12-29)23(28)8-16/h2-4,7-9,14,18-20,34H,5-6,10-11,31H2,1H3. The highest BCUT2D eigenvalue weighted by Gasteiger charge is 2.41. The molecular formula is C27H24FN5O2. The van der Waals surface area contributed by atoms with Crippen LogP contribution in [0.15, 0.2) is 42.6 Å². The predicted molar refractivity (Wildman–Crippen MR) is 129 cm³/mol. The first kappa shape index (κ1) is 22.6. The van der Waals surface area contributed by atoms with Crippen molar-refractivity contribution >= 4 is 5.82 Å². The Morgan fingerprint density at radius 1 is 1.09 bits per heavy atom. The number of hydrogen-bond donors (Lipinski definition) is 2. The number of pyridine rings is 1. The molecule has 8 heteroatoms. The van der Waals surface area contributed by atoms with Crippen LogP contribution < -0.4 is 15.4 Å². The van der Waals surface area contributed by atoms with Crippen molar-refractivity contribution in [3.63, 3.8) is 0 Å². The molecule has 2 atom stereocenters. The summed E-state index contributed by atoms with van der Waals surface area (Å²) in [5.41, 5.74) is 8.62. The Balaban J connectivity index is 1.74. The van der Waals surface area contributed by atoms with E-state index in [2.05, 4.69) is 11.0 Å². The molecule has 0 saturated carbocycles. The maximum Gasteiger partial charge on any atom is 0.160 e. The van der Waals surface area contributed by atoms with Gasteiger partial charge >= 0.3 is 0 Å². The SMILES string of the molecule is COc1ccc(-c2cnc(N3C4CCC3CC(N)C4)c(C#N)c2-c2ccc(C#N)c(F)c2)cc1O. The van der Waals surface area contributed by atoms with Crippen molar-refractivity contribution < 1.29 is 14.2 Å². The molecule has 2 aliphatic rings. The molecular weight excluding hydrogens is 445 g/mol. The summed E-state index contributed by atoms with van der Waals surface area (Å²) in [5.74, 6) is 0.145. The van der Waals surface area contributed by atoms with E-state index in [4.69, 9.17) is 15.5 Å². The number of benzene rings is 2. The van der Waals surface area contributed by atoms with Crippen molar-refractivity contribution in [3.8, 4) is 45.9 Å². The zero-order chi connectivity index (χ0) is 24.7. The Hall–Kier alpha value is -4.14. The molecule has 2 saturated heterocycles. The van der Waals surface area contributed by atoms with Crippen LogP contribution in [0.1, 0.15) is 36.8 Å². The summed E-state index contributed by atoms with van der Waals surface area (Å²) in [5, 5.41) is 29.9. The third-order valence-corrected chi connectivity index (χ3v) is 7.05. The average molecular weight is 470 g/mol. The maximum absolute atomic E-state index is 14.7. The number of methoxy groups -OCH3 is 1. The number of anilines is 1. The molecule has 0 amide bonds. The smallest absolute Gasteiger partial charge is 0.160 e. The van der Waals surface area contributed by atoms with E-state index < -0.39 is 5.82 Å². The lowest BCUT2D eigenvalue weighted by atomic mass is 9.90. The van der Waals surface area contributed by atoms with E-state index in [9.17, 15) is 20.0 Å². The Bertz CT molecular complexity index is 1380. The van der Waals surface area contributed by atoms with E-state index >= 15 is 0 Å². The molecule has 2 unspecified atom stereocenters. The van der Waals surface area contributed by atoms with Crippen LogP contribution in [0.25, 0.3) is 22.3 Å². The number of phenolic OH excluding ortho intramolecular Hbond substituents is 1. The van der Waals surface area contributed by atoms with Crippen LogP contribution in [0.3, 0.4) is 0 Å². The van der Waals surface area contributed by atoms with Gasteiger partial charge < -0.3 is 20.5 Å². The van der Waals surface area contributed by atoms with Crippen molar-refractivity contribution in [3.05, 3.63) is 59.5 Å². The Morgan fingerprint density at radius 2 is 1.80 bits per heavy atom. The van der Waals surface area contributed by atoms with E-state index in [1.165, 1.54) is 25.3 Å². The van der Waals surface area contributed by atoms with Crippen molar-refractivity contribution in [2.24, 2.45) is 5.73 Å². The van der Waals surface area contributed by atoms with Gasteiger partial charge in [-0.1, -0.05) is 12.1 Å². The molecule has 7 nitrogen and oxygen atoms in total. The molecule has 3 aromatic rings. The van der Waals surface area contributed by atoms with Gasteiger partial charge in [-0.3, -0.25) is 0 Å². The lowest BCUT2D eigenvalue weighted by Gasteiger charge is -2.39. The fourth-order valence-electron chi connectivity index (χ4n) is 5.51. The summed E-state index contributed by atoms with van der Waals surface area (Å²) in [6, 6.07) is 13.9. The number of aromatic hydroxyl groups is 1. The van der Waals surface area contributed by atoms with Gasteiger partial charge in [-0.25, -0.2) is 9.37 Å². The van der Waals surface area contributed by atoms with Gasteiger partial charge in [0.15, 0.2) is 11.5 Å². The van der Waals surface area contributed by atoms with E-state index in [0.29, 0.717) is 39.4 Å². The van der Waals surface area contributed by atoms with E-state index in [-0.39, 0.29) is 29.4 Å². The fraction of sp³-hybridized carbons (Fsp3) is 0.296. The number of rotatable bonds is 4. The van der Waals surface area contributed by atoms with Crippen LogP contribution in [0.4, 0.5) is 10.2 Å². The van der Waals surface area contributed by atoms with Gasteiger partial charge in [-0.2, -0.15) is 10.5 Å². The van der Waals surface area contributed by atoms with Gasteiger partial charge in [0.05, 0.1) is 12.7 Å². The molecule has 0 radical (unpaired) electrons. The molecule has 3 heterocycles. The number of piperidine rings is 1. The van der Waals surface area contributed by atoms with Crippen LogP contribution in [0.2, 0.25) is 0 Å². The van der Waals surface area contributed by atoms with Gasteiger partial charge in [-0.05, 0) is 61.1 Å². The second kappa shape index (κ2) is 8.90. The molecule has 2 aliphatic heterocycles. The summed E-state index contributed by atoms with van der Waals surface area (Å²) in [7, 11) is 1.46. The first-order valence-electron chi connectivity index (χ1n) is 11.5. The number of aromatic nitrogens is 1. The number of ether oxygens (including phenoxy) is 1. The highest BCUT2D eigenvalue weighted by molar-refractivity contribution is 5.90. The Labute approximate surface area is 202 Å². The first-order valence-corrected chi connectivity index (χ1v) is 11.5. The molecule has 2 aromatic carbocycles. The zero-order valence-electron chi connectivity index (χ0n) is 19.2. The number of phenols is 1. The van der Waals surface area contributed by atoms with Crippen LogP contribution in [-0.2, 0) is 0 Å². The Morgan fingerprint density at radius 3 is 2.40 bits per heavy atom. The predicted octanol–water partition coefficient (Wildman–Crippen LogP) is 4.47. The van der Waals surface area contributed by atoms with Crippen molar-refractivity contribution in [1.29, 1.82) is 10.5 Å². The third kappa shape index (κ3) is 3.82. The number of nitrogens with zero attached hydrogens (tertiary/aromatic N) is 4. The molecule has 176 valence electrons. The van der Waals surface area contributed by atoms with Crippen LogP contribution >= 0.6 is 0 Å². The fourth-order valence-corrected chi connectivity index (χ4v) is 5.51. The highest BCUT2D eigenvalue weighted by Crippen LogP contribution is 2.45. The largest absolute Gasteiger partial charge is 0.504 e. The zero-order valence-corrected chi connectivity index (χ0v) is 19.2. The summed E-state index contributed by atoms with van der Waals surface area (Å²) in [6.45, 7) is 0. The lowest BCUT2D eigenvalue weighted by molar-refractivity contribution is 0.373. The average Bonchev–Trinajstić information content (AvgIpc) is 3.13. The number of fused-ring (bicyclic) bond motifs is 2. The van der Waals surface area contributed by atoms with Gasteiger partial charge in [0.25, 0.3) is 0 Å². The van der Waals surface area contributed by atoms with Crippen LogP contribution in [0.5, 0.6) is 11.5 Å². The van der Waals surface area contributed by atoms with Gasteiger partial charge in [0, 0.05) is 35.4 Å². The van der Waals surface area contributed by atoms with Gasteiger partial charge in [0.2, 0.25) is 0 Å². The number of hydrogen-bond acceptors (Lipinski definition) is 7. The maximum atomic E-state index is 14.7. The molecule has 0 aliphatic carbocycles. The number of nitrogens with two attached hydrogens (primary N) is 1. The van der Waals surface area contributed by atoms with Crippen molar-refractivity contribution in [2.45, 2.75) is 43.8 Å². The van der Waals surface area contributed by atoms with Crippen molar-refractivity contribution in [2.75, 3.05) is 12.0 Å². The number of halogens is 1. The minimum absolute atomic E-state index is 0.0624. The Kier molecular flexibility index (Phi) is 5.76. The molecule has 1 aromatic heterocycles. The number of nitriles is 2. The van der Waals surface area contributed by atoms with Crippen LogP contribution in [0, 0.1) is 28.5 Å². The summed E-state index contributed by atoms with van der Waals surface area (Å²) < 4.78 is 19.9. The molecule has 2 fully saturated rings. The lowest BCUT2D eigenvalue weighted by Crippen LogP contribution is -2.48.